The van der Waals surface area contributed by atoms with Crippen LogP contribution in [0.25, 0.3) is 0 Å². The van der Waals surface area contributed by atoms with Crippen LogP contribution in [0.1, 0.15) is 19.8 Å². The summed E-state index contributed by atoms with van der Waals surface area (Å²) in [5, 5.41) is 13.8. The van der Waals surface area contributed by atoms with Gasteiger partial charge in [0.1, 0.15) is 6.21 Å². The first-order chi connectivity index (χ1) is 6.18. The molecule has 0 spiro atoms. The Morgan fingerprint density at radius 1 is 1.62 bits per heavy atom. The van der Waals surface area contributed by atoms with Crippen molar-refractivity contribution in [3.05, 3.63) is 0 Å². The molecule has 1 aliphatic rings. The fourth-order valence-corrected chi connectivity index (χ4v) is 1.27. The molecule has 1 saturated heterocycles. The van der Waals surface area contributed by atoms with Crippen molar-refractivity contribution in [2.24, 2.45) is 11.0 Å². The first-order valence-electron chi connectivity index (χ1n) is 4.45. The predicted octanol–water partition coefficient (Wildman–Crippen LogP) is 0.293. The maximum Gasteiger partial charge on any atom is 0.348 e. The average Bonchev–Trinajstić information content (AvgIpc) is 2.08. The summed E-state index contributed by atoms with van der Waals surface area (Å²) >= 11 is 0. The van der Waals surface area contributed by atoms with Crippen LogP contribution in [0.4, 0.5) is 0 Å². The summed E-state index contributed by atoms with van der Waals surface area (Å²) in [5.41, 5.74) is 2.70. The summed E-state index contributed by atoms with van der Waals surface area (Å²) < 4.78 is 0. The van der Waals surface area contributed by atoms with E-state index in [1.165, 1.54) is 0 Å². The second-order valence-corrected chi connectivity index (χ2v) is 3.37. The Hall–Kier alpha value is -1.10. The van der Waals surface area contributed by atoms with Crippen LogP contribution in [0.2, 0.25) is 0 Å². The number of carboxylic acid groups (broad SMARTS) is 1. The SMILES string of the molecule is CC1CCN(NN=CC(=O)O)CC1. The molecule has 0 aliphatic carbocycles. The van der Waals surface area contributed by atoms with Crippen LogP contribution in [-0.4, -0.2) is 35.4 Å². The summed E-state index contributed by atoms with van der Waals surface area (Å²) in [7, 11) is 0. The highest BCUT2D eigenvalue weighted by Crippen LogP contribution is 2.13. The van der Waals surface area contributed by atoms with Gasteiger partial charge < -0.3 is 5.11 Å². The zero-order valence-electron chi connectivity index (χ0n) is 7.73. The minimum Gasteiger partial charge on any atom is -0.477 e. The maximum absolute atomic E-state index is 10.1. The third-order valence-electron chi connectivity index (χ3n) is 2.16. The molecule has 5 heteroatoms. The first kappa shape index (κ1) is 9.98. The van der Waals surface area contributed by atoms with E-state index in [0.29, 0.717) is 0 Å². The van der Waals surface area contributed by atoms with Crippen LogP contribution in [0, 0.1) is 5.92 Å². The zero-order chi connectivity index (χ0) is 9.68. The van der Waals surface area contributed by atoms with Gasteiger partial charge in [-0.2, -0.15) is 5.10 Å². The average molecular weight is 185 g/mol. The van der Waals surface area contributed by atoms with E-state index in [4.69, 9.17) is 5.11 Å². The van der Waals surface area contributed by atoms with Crippen molar-refractivity contribution in [2.45, 2.75) is 19.8 Å². The smallest absolute Gasteiger partial charge is 0.348 e. The fourth-order valence-electron chi connectivity index (χ4n) is 1.27. The predicted molar refractivity (Wildman–Crippen MR) is 49.2 cm³/mol. The van der Waals surface area contributed by atoms with Gasteiger partial charge in [0.2, 0.25) is 0 Å². The lowest BCUT2D eigenvalue weighted by Gasteiger charge is -2.28. The molecular formula is C8H15N3O2. The van der Waals surface area contributed by atoms with Crippen molar-refractivity contribution < 1.29 is 9.90 Å². The number of carboxylic acids is 1. The second kappa shape index (κ2) is 4.81. The van der Waals surface area contributed by atoms with Crippen molar-refractivity contribution >= 4 is 12.2 Å². The number of hydrogen-bond acceptors (Lipinski definition) is 4. The van der Waals surface area contributed by atoms with Crippen LogP contribution in [0.3, 0.4) is 0 Å². The lowest BCUT2D eigenvalue weighted by atomic mass is 10.0. The molecular weight excluding hydrogens is 170 g/mol. The molecule has 5 nitrogen and oxygen atoms in total. The molecule has 1 fully saturated rings. The van der Waals surface area contributed by atoms with Gasteiger partial charge in [-0.1, -0.05) is 6.92 Å². The number of aliphatic carboxylic acids is 1. The van der Waals surface area contributed by atoms with Gasteiger partial charge in [0.25, 0.3) is 0 Å². The van der Waals surface area contributed by atoms with E-state index in [1.54, 1.807) is 0 Å². The Morgan fingerprint density at radius 3 is 2.77 bits per heavy atom. The summed E-state index contributed by atoms with van der Waals surface area (Å²) in [6.07, 6.45) is 3.13. The van der Waals surface area contributed by atoms with Crippen molar-refractivity contribution in [1.29, 1.82) is 0 Å². The number of carbonyl (C=O) groups is 1. The molecule has 0 radical (unpaired) electrons. The summed E-state index contributed by atoms with van der Waals surface area (Å²) in [6, 6.07) is 0. The van der Waals surface area contributed by atoms with Crippen LogP contribution in [0.15, 0.2) is 5.10 Å². The third kappa shape index (κ3) is 3.89. The van der Waals surface area contributed by atoms with Gasteiger partial charge in [-0.3, -0.25) is 0 Å². The van der Waals surface area contributed by atoms with Crippen LogP contribution in [-0.2, 0) is 4.79 Å². The fraction of sp³-hybridized carbons (Fsp3) is 0.750. The lowest BCUT2D eigenvalue weighted by molar-refractivity contribution is -0.128. The second-order valence-electron chi connectivity index (χ2n) is 3.37. The Bertz CT molecular complexity index is 198. The number of nitrogens with zero attached hydrogens (tertiary/aromatic N) is 2. The highest BCUT2D eigenvalue weighted by Gasteiger charge is 2.14. The number of hydrazone groups is 1. The van der Waals surface area contributed by atoms with Crippen molar-refractivity contribution in [2.75, 3.05) is 13.1 Å². The molecule has 1 aliphatic heterocycles. The molecule has 1 heterocycles. The number of nitrogens with one attached hydrogen (secondary N) is 1. The van der Waals surface area contributed by atoms with E-state index in [9.17, 15) is 4.79 Å². The monoisotopic (exact) mass is 185 g/mol. The minimum absolute atomic E-state index is 0.765. The summed E-state index contributed by atoms with van der Waals surface area (Å²) in [6.45, 7) is 4.08. The number of hydrogen-bond donors (Lipinski definition) is 2. The summed E-state index contributed by atoms with van der Waals surface area (Å²) in [4.78, 5) is 10.1. The zero-order valence-corrected chi connectivity index (χ0v) is 7.73. The number of rotatable bonds is 3. The molecule has 0 bridgehead atoms. The van der Waals surface area contributed by atoms with Gasteiger partial charge in [-0.05, 0) is 18.8 Å². The summed E-state index contributed by atoms with van der Waals surface area (Å²) in [5.74, 6) is -0.264. The molecule has 0 saturated carbocycles. The molecule has 0 amide bonds. The van der Waals surface area contributed by atoms with Gasteiger partial charge in [0.05, 0.1) is 0 Å². The molecule has 0 aromatic carbocycles. The van der Waals surface area contributed by atoms with Gasteiger partial charge in [-0.25, -0.2) is 15.3 Å². The highest BCUT2D eigenvalue weighted by atomic mass is 16.4. The van der Waals surface area contributed by atoms with Gasteiger partial charge in [0.15, 0.2) is 0 Å². The Morgan fingerprint density at radius 2 is 2.23 bits per heavy atom. The molecule has 2 N–H and O–H groups in total. The molecule has 0 aromatic heterocycles. The van der Waals surface area contributed by atoms with Gasteiger partial charge >= 0.3 is 5.97 Å². The molecule has 0 atom stereocenters. The minimum atomic E-state index is -1.03. The van der Waals surface area contributed by atoms with E-state index in [0.717, 1.165) is 38.1 Å². The van der Waals surface area contributed by atoms with Crippen LogP contribution in [0.5, 0.6) is 0 Å². The van der Waals surface area contributed by atoms with Gasteiger partial charge in [0, 0.05) is 13.1 Å². The molecule has 0 aromatic rings. The van der Waals surface area contributed by atoms with Crippen LogP contribution < -0.4 is 5.53 Å². The largest absolute Gasteiger partial charge is 0.477 e. The number of piperidine rings is 1. The Labute approximate surface area is 77.4 Å². The van der Waals surface area contributed by atoms with Gasteiger partial charge in [-0.15, -0.1) is 0 Å². The van der Waals surface area contributed by atoms with E-state index in [1.807, 2.05) is 5.01 Å². The van der Waals surface area contributed by atoms with E-state index in [-0.39, 0.29) is 0 Å². The van der Waals surface area contributed by atoms with Crippen molar-refractivity contribution in [1.82, 2.24) is 10.5 Å². The maximum atomic E-state index is 10.1. The third-order valence-corrected chi connectivity index (χ3v) is 2.16. The molecule has 0 unspecified atom stereocenters. The molecule has 13 heavy (non-hydrogen) atoms. The van der Waals surface area contributed by atoms with E-state index >= 15 is 0 Å². The molecule has 1 rings (SSSR count). The molecule has 74 valence electrons. The normalized spacial score (nSPS) is 20.7. The topological polar surface area (TPSA) is 64.9 Å². The standard InChI is InChI=1S/C8H15N3O2/c1-7-2-4-11(5-3-7)10-9-6-8(12)13/h6-7,10H,2-5H2,1H3,(H,12,13). The Balaban J connectivity index is 2.19. The van der Waals surface area contributed by atoms with E-state index < -0.39 is 5.97 Å². The quantitative estimate of drug-likeness (QED) is 0.490. The van der Waals surface area contributed by atoms with Crippen molar-refractivity contribution in [3.8, 4) is 0 Å². The van der Waals surface area contributed by atoms with E-state index in [2.05, 4.69) is 17.6 Å². The first-order valence-corrected chi connectivity index (χ1v) is 4.45. The van der Waals surface area contributed by atoms with Crippen LogP contribution >= 0.6 is 0 Å². The highest BCUT2D eigenvalue weighted by molar-refractivity contribution is 6.21. The van der Waals surface area contributed by atoms with Crippen molar-refractivity contribution in [3.63, 3.8) is 0 Å². The number of hydrazine groups is 1. The Kier molecular flexibility index (Phi) is 3.70. The lowest BCUT2D eigenvalue weighted by Crippen LogP contribution is -2.40.